The third-order valence-electron chi connectivity index (χ3n) is 3.73. The van der Waals surface area contributed by atoms with Gasteiger partial charge in [0.25, 0.3) is 5.91 Å². The van der Waals surface area contributed by atoms with E-state index in [1.165, 1.54) is 5.56 Å². The van der Waals surface area contributed by atoms with E-state index in [-0.39, 0.29) is 5.91 Å². The highest BCUT2D eigenvalue weighted by molar-refractivity contribution is 6.04. The maximum Gasteiger partial charge on any atom is 0.255 e. The van der Waals surface area contributed by atoms with E-state index in [0.717, 1.165) is 17.8 Å². The molecule has 1 aromatic heterocycles. The molecule has 3 aromatic rings. The Morgan fingerprint density at radius 1 is 0.960 bits per heavy atom. The molecule has 2 aromatic carbocycles. The van der Waals surface area contributed by atoms with Gasteiger partial charge in [-0.2, -0.15) is 5.10 Å². The Hall–Kier alpha value is -3.21. The van der Waals surface area contributed by atoms with Gasteiger partial charge in [0.2, 0.25) is 5.88 Å². The molecule has 0 saturated heterocycles. The highest BCUT2D eigenvalue weighted by Crippen LogP contribution is 2.20. The van der Waals surface area contributed by atoms with Crippen molar-refractivity contribution in [2.24, 2.45) is 0 Å². The molecule has 0 unspecified atom stereocenters. The number of amides is 1. The fraction of sp³-hybridized carbons (Fsp3) is 0.150. The first-order chi connectivity index (χ1) is 12.1. The fourth-order valence-corrected chi connectivity index (χ4v) is 2.26. The Labute approximate surface area is 146 Å². The van der Waals surface area contributed by atoms with Crippen LogP contribution >= 0.6 is 0 Å². The van der Waals surface area contributed by atoms with Gasteiger partial charge < -0.3 is 10.1 Å². The van der Waals surface area contributed by atoms with Crippen molar-refractivity contribution in [2.45, 2.75) is 20.3 Å². The summed E-state index contributed by atoms with van der Waals surface area (Å²) in [5, 5.41) is 10.8. The van der Waals surface area contributed by atoms with Crippen molar-refractivity contribution in [1.82, 2.24) is 10.2 Å². The van der Waals surface area contributed by atoms with Gasteiger partial charge in [0.1, 0.15) is 5.75 Å². The van der Waals surface area contributed by atoms with E-state index in [1.807, 2.05) is 37.3 Å². The van der Waals surface area contributed by atoms with Crippen LogP contribution in [0.2, 0.25) is 0 Å². The lowest BCUT2D eigenvalue weighted by Crippen LogP contribution is -2.11. The maximum atomic E-state index is 12.3. The summed E-state index contributed by atoms with van der Waals surface area (Å²) in [5.41, 5.74) is 3.39. The van der Waals surface area contributed by atoms with E-state index in [9.17, 15) is 4.79 Å². The van der Waals surface area contributed by atoms with Crippen LogP contribution in [0.15, 0.2) is 60.7 Å². The van der Waals surface area contributed by atoms with E-state index in [2.05, 4.69) is 22.4 Å². The highest BCUT2D eigenvalue weighted by atomic mass is 16.5. The van der Waals surface area contributed by atoms with Crippen LogP contribution in [0, 0.1) is 6.92 Å². The first-order valence-electron chi connectivity index (χ1n) is 8.12. The first kappa shape index (κ1) is 16.6. The van der Waals surface area contributed by atoms with Crippen LogP contribution < -0.4 is 10.1 Å². The molecule has 5 heteroatoms. The second-order valence-electron chi connectivity index (χ2n) is 5.64. The van der Waals surface area contributed by atoms with E-state index < -0.39 is 0 Å². The number of ether oxygens (including phenoxy) is 1. The van der Waals surface area contributed by atoms with Crippen LogP contribution in [-0.2, 0) is 6.42 Å². The standard InChI is InChI=1S/C20H19N3O2/c1-3-15-5-9-17(10-6-15)21-20(24)16-7-11-18(12-8-16)25-19-13-4-14(2)22-23-19/h4-13H,3H2,1-2H3,(H,21,24). The lowest BCUT2D eigenvalue weighted by Gasteiger charge is -2.08. The van der Waals surface area contributed by atoms with Gasteiger partial charge in [0, 0.05) is 17.3 Å². The topological polar surface area (TPSA) is 64.1 Å². The van der Waals surface area contributed by atoms with E-state index in [0.29, 0.717) is 17.2 Å². The van der Waals surface area contributed by atoms with Crippen molar-refractivity contribution in [3.8, 4) is 11.6 Å². The molecule has 5 nitrogen and oxygen atoms in total. The number of nitrogens with one attached hydrogen (secondary N) is 1. The van der Waals surface area contributed by atoms with Crippen molar-refractivity contribution in [2.75, 3.05) is 5.32 Å². The number of carbonyl (C=O) groups excluding carboxylic acids is 1. The quantitative estimate of drug-likeness (QED) is 0.752. The van der Waals surface area contributed by atoms with Crippen LogP contribution in [0.1, 0.15) is 28.5 Å². The molecule has 0 saturated carbocycles. The summed E-state index contributed by atoms with van der Waals surface area (Å²) in [6.45, 7) is 3.96. The van der Waals surface area contributed by atoms with E-state index in [4.69, 9.17) is 4.74 Å². The maximum absolute atomic E-state index is 12.3. The number of benzene rings is 2. The lowest BCUT2D eigenvalue weighted by atomic mass is 10.1. The van der Waals surface area contributed by atoms with Gasteiger partial charge >= 0.3 is 0 Å². The number of nitrogens with zero attached hydrogens (tertiary/aromatic N) is 2. The second kappa shape index (κ2) is 7.57. The Kier molecular flexibility index (Phi) is 5.04. The number of aromatic nitrogens is 2. The van der Waals surface area contributed by atoms with E-state index >= 15 is 0 Å². The Morgan fingerprint density at radius 2 is 1.68 bits per heavy atom. The van der Waals surface area contributed by atoms with Gasteiger partial charge in [-0.05, 0) is 61.4 Å². The Bertz CT molecular complexity index is 842. The number of carbonyl (C=O) groups is 1. The zero-order valence-corrected chi connectivity index (χ0v) is 14.2. The predicted molar refractivity (Wildman–Crippen MR) is 97.1 cm³/mol. The number of hydrogen-bond donors (Lipinski definition) is 1. The van der Waals surface area contributed by atoms with Crippen molar-refractivity contribution in [1.29, 1.82) is 0 Å². The van der Waals surface area contributed by atoms with Gasteiger partial charge in [0.15, 0.2) is 0 Å². The van der Waals surface area contributed by atoms with Crippen molar-refractivity contribution < 1.29 is 9.53 Å². The smallest absolute Gasteiger partial charge is 0.255 e. The third-order valence-corrected chi connectivity index (χ3v) is 3.73. The summed E-state index contributed by atoms with van der Waals surface area (Å²) in [7, 11) is 0. The van der Waals surface area contributed by atoms with Crippen LogP contribution in [0.25, 0.3) is 0 Å². The van der Waals surface area contributed by atoms with Crippen molar-refractivity contribution in [3.05, 3.63) is 77.5 Å². The summed E-state index contributed by atoms with van der Waals surface area (Å²) in [6, 6.07) is 18.3. The SMILES string of the molecule is CCc1ccc(NC(=O)c2ccc(Oc3ccc(C)nn3)cc2)cc1. The normalized spacial score (nSPS) is 10.3. The van der Waals surface area contributed by atoms with Crippen LogP contribution in [-0.4, -0.2) is 16.1 Å². The number of anilines is 1. The van der Waals surface area contributed by atoms with Crippen LogP contribution in [0.3, 0.4) is 0 Å². The molecule has 0 spiro atoms. The van der Waals surface area contributed by atoms with Crippen molar-refractivity contribution >= 4 is 11.6 Å². The van der Waals surface area contributed by atoms with Gasteiger partial charge in [-0.1, -0.05) is 19.1 Å². The van der Waals surface area contributed by atoms with Crippen molar-refractivity contribution in [3.63, 3.8) is 0 Å². The molecular weight excluding hydrogens is 314 g/mol. The van der Waals surface area contributed by atoms with Crippen LogP contribution in [0.4, 0.5) is 5.69 Å². The second-order valence-corrected chi connectivity index (χ2v) is 5.64. The molecule has 1 N–H and O–H groups in total. The molecule has 3 rings (SSSR count). The summed E-state index contributed by atoms with van der Waals surface area (Å²) in [5.74, 6) is 0.853. The van der Waals surface area contributed by atoms with Gasteiger partial charge in [-0.15, -0.1) is 5.10 Å². The minimum absolute atomic E-state index is 0.161. The summed E-state index contributed by atoms with van der Waals surface area (Å²) in [6.07, 6.45) is 0.973. The molecule has 0 atom stereocenters. The molecule has 1 heterocycles. The molecular formula is C20H19N3O2. The minimum atomic E-state index is -0.161. The van der Waals surface area contributed by atoms with Gasteiger partial charge in [-0.25, -0.2) is 0 Å². The number of hydrogen-bond acceptors (Lipinski definition) is 4. The number of rotatable bonds is 5. The molecule has 0 bridgehead atoms. The predicted octanol–water partition coefficient (Wildman–Crippen LogP) is 4.39. The molecule has 0 fully saturated rings. The monoisotopic (exact) mass is 333 g/mol. The summed E-state index contributed by atoms with van der Waals surface area (Å²) >= 11 is 0. The van der Waals surface area contributed by atoms with Crippen LogP contribution in [0.5, 0.6) is 11.6 Å². The molecule has 0 radical (unpaired) electrons. The Morgan fingerprint density at radius 3 is 2.28 bits per heavy atom. The summed E-state index contributed by atoms with van der Waals surface area (Å²) < 4.78 is 5.61. The largest absolute Gasteiger partial charge is 0.438 e. The minimum Gasteiger partial charge on any atom is -0.438 e. The van der Waals surface area contributed by atoms with Gasteiger partial charge in [-0.3, -0.25) is 4.79 Å². The first-order valence-corrected chi connectivity index (χ1v) is 8.12. The molecule has 0 aliphatic rings. The molecule has 1 amide bonds. The zero-order valence-electron chi connectivity index (χ0n) is 14.2. The zero-order chi connectivity index (χ0) is 17.6. The Balaban J connectivity index is 1.64. The third kappa shape index (κ3) is 4.41. The summed E-state index contributed by atoms with van der Waals surface area (Å²) in [4.78, 5) is 12.3. The average Bonchev–Trinajstić information content (AvgIpc) is 2.65. The molecule has 126 valence electrons. The molecule has 25 heavy (non-hydrogen) atoms. The highest BCUT2D eigenvalue weighted by Gasteiger charge is 2.07. The van der Waals surface area contributed by atoms with E-state index in [1.54, 1.807) is 30.3 Å². The van der Waals surface area contributed by atoms with Gasteiger partial charge in [0.05, 0.1) is 5.69 Å². The fourth-order valence-electron chi connectivity index (χ4n) is 2.26. The number of aryl methyl sites for hydroxylation is 2. The molecule has 0 aliphatic heterocycles. The average molecular weight is 333 g/mol. The molecule has 0 aliphatic carbocycles. The lowest BCUT2D eigenvalue weighted by molar-refractivity contribution is 0.102.